The van der Waals surface area contributed by atoms with Gasteiger partial charge >= 0.3 is 0 Å². The summed E-state index contributed by atoms with van der Waals surface area (Å²) in [6.45, 7) is 8.60. The molecule has 12 heavy (non-hydrogen) atoms. The third-order valence-electron chi connectivity index (χ3n) is 2.75. The minimum atomic E-state index is 0.569. The van der Waals surface area contributed by atoms with Crippen molar-refractivity contribution in [2.45, 2.75) is 32.0 Å². The van der Waals surface area contributed by atoms with E-state index in [0.717, 1.165) is 26.3 Å². The number of nitrogens with zero attached hydrogens (tertiary/aromatic N) is 1. The molecule has 0 aromatic heterocycles. The van der Waals surface area contributed by atoms with Crippen molar-refractivity contribution in [1.29, 1.82) is 0 Å². The number of hydrogen-bond acceptors (Lipinski definition) is 3. The van der Waals surface area contributed by atoms with Gasteiger partial charge in [0, 0.05) is 31.2 Å². The van der Waals surface area contributed by atoms with E-state index in [4.69, 9.17) is 4.74 Å². The van der Waals surface area contributed by atoms with Gasteiger partial charge in [-0.3, -0.25) is 4.90 Å². The Morgan fingerprint density at radius 3 is 2.33 bits per heavy atom. The molecular formula is C9H18N2O. The standard InChI is InChI=1S/C9H18N2O/c1-7(2)11-3-8-5-12-6-9(4-11)10-8/h7-10H,3-6H2,1-2H3/t8-,9+. The molecule has 2 saturated heterocycles. The van der Waals surface area contributed by atoms with Crippen LogP contribution in [0.3, 0.4) is 0 Å². The number of ether oxygens (including phenoxy) is 1. The fraction of sp³-hybridized carbons (Fsp3) is 1.00. The lowest BCUT2D eigenvalue weighted by atomic mass is 10.1. The zero-order chi connectivity index (χ0) is 8.55. The number of morpholine rings is 1. The van der Waals surface area contributed by atoms with Crippen LogP contribution in [-0.4, -0.2) is 49.3 Å². The van der Waals surface area contributed by atoms with E-state index >= 15 is 0 Å². The first-order valence-corrected chi connectivity index (χ1v) is 4.83. The van der Waals surface area contributed by atoms with E-state index in [0.29, 0.717) is 18.1 Å². The molecule has 3 nitrogen and oxygen atoms in total. The van der Waals surface area contributed by atoms with Crippen LogP contribution < -0.4 is 5.32 Å². The number of rotatable bonds is 1. The fourth-order valence-electron chi connectivity index (χ4n) is 2.06. The van der Waals surface area contributed by atoms with Crippen molar-refractivity contribution in [3.05, 3.63) is 0 Å². The summed E-state index contributed by atoms with van der Waals surface area (Å²) in [4.78, 5) is 2.54. The van der Waals surface area contributed by atoms with Crippen LogP contribution >= 0.6 is 0 Å². The van der Waals surface area contributed by atoms with Crippen LogP contribution in [0.5, 0.6) is 0 Å². The Hall–Kier alpha value is -0.120. The van der Waals surface area contributed by atoms with Gasteiger partial charge in [0.05, 0.1) is 13.2 Å². The predicted octanol–water partition coefficient (Wildman–Crippen LogP) is 0.0674. The molecule has 0 spiro atoms. The SMILES string of the molecule is CC(C)N1C[C@H]2COC[C@@H](C1)N2. The Balaban J connectivity index is 1.96. The maximum absolute atomic E-state index is 5.48. The molecule has 1 N–H and O–H groups in total. The number of piperazine rings is 1. The Kier molecular flexibility index (Phi) is 2.35. The van der Waals surface area contributed by atoms with Crippen molar-refractivity contribution >= 4 is 0 Å². The summed E-state index contributed by atoms with van der Waals surface area (Å²) >= 11 is 0. The van der Waals surface area contributed by atoms with E-state index in [1.54, 1.807) is 0 Å². The van der Waals surface area contributed by atoms with E-state index in [9.17, 15) is 0 Å². The molecule has 2 rings (SSSR count). The second-order valence-corrected chi connectivity index (χ2v) is 4.15. The summed E-state index contributed by atoms with van der Waals surface area (Å²) in [5, 5.41) is 3.57. The second kappa shape index (κ2) is 3.32. The quantitative estimate of drug-likeness (QED) is 0.602. The molecule has 0 aromatic rings. The van der Waals surface area contributed by atoms with E-state index in [1.807, 2.05) is 0 Å². The van der Waals surface area contributed by atoms with Crippen molar-refractivity contribution in [2.75, 3.05) is 26.3 Å². The second-order valence-electron chi connectivity index (χ2n) is 4.15. The summed E-state index contributed by atoms with van der Waals surface area (Å²) in [5.41, 5.74) is 0. The lowest BCUT2D eigenvalue weighted by Crippen LogP contribution is -2.63. The lowest BCUT2D eigenvalue weighted by Gasteiger charge is -2.43. The summed E-state index contributed by atoms with van der Waals surface area (Å²) < 4.78 is 5.48. The average Bonchev–Trinajstić information content (AvgIpc) is 2.03. The van der Waals surface area contributed by atoms with E-state index in [-0.39, 0.29) is 0 Å². The van der Waals surface area contributed by atoms with Gasteiger partial charge in [-0.1, -0.05) is 0 Å². The zero-order valence-electron chi connectivity index (χ0n) is 7.92. The van der Waals surface area contributed by atoms with Crippen LogP contribution in [0.4, 0.5) is 0 Å². The molecule has 2 heterocycles. The van der Waals surface area contributed by atoms with Crippen molar-refractivity contribution < 1.29 is 4.74 Å². The first-order valence-electron chi connectivity index (χ1n) is 4.83. The predicted molar refractivity (Wildman–Crippen MR) is 48.2 cm³/mol. The molecule has 2 aliphatic rings. The third kappa shape index (κ3) is 1.63. The summed E-state index contributed by atoms with van der Waals surface area (Å²) in [5.74, 6) is 0. The van der Waals surface area contributed by atoms with E-state index in [1.165, 1.54) is 0 Å². The van der Waals surface area contributed by atoms with Crippen LogP contribution in [-0.2, 0) is 4.74 Å². The van der Waals surface area contributed by atoms with Gasteiger partial charge in [-0.05, 0) is 13.8 Å². The molecule has 0 aliphatic carbocycles. The topological polar surface area (TPSA) is 24.5 Å². The molecule has 0 unspecified atom stereocenters. The molecule has 0 saturated carbocycles. The molecule has 3 heteroatoms. The summed E-state index contributed by atoms with van der Waals surface area (Å²) in [7, 11) is 0. The number of hydrogen-bond donors (Lipinski definition) is 1. The molecule has 2 bridgehead atoms. The summed E-state index contributed by atoms with van der Waals surface area (Å²) in [6.07, 6.45) is 0. The molecule has 0 radical (unpaired) electrons. The minimum absolute atomic E-state index is 0.569. The molecule has 0 aromatic carbocycles. The normalized spacial score (nSPS) is 37.2. The Morgan fingerprint density at radius 1 is 1.25 bits per heavy atom. The van der Waals surface area contributed by atoms with Gasteiger partial charge in [0.1, 0.15) is 0 Å². The zero-order valence-corrected chi connectivity index (χ0v) is 7.92. The molecule has 70 valence electrons. The maximum Gasteiger partial charge on any atom is 0.0633 e. The van der Waals surface area contributed by atoms with Crippen molar-refractivity contribution in [2.24, 2.45) is 0 Å². The van der Waals surface area contributed by atoms with Crippen molar-refractivity contribution in [3.8, 4) is 0 Å². The molecule has 2 aliphatic heterocycles. The van der Waals surface area contributed by atoms with Crippen molar-refractivity contribution in [1.82, 2.24) is 10.2 Å². The third-order valence-corrected chi connectivity index (χ3v) is 2.75. The van der Waals surface area contributed by atoms with E-state index in [2.05, 4.69) is 24.1 Å². The van der Waals surface area contributed by atoms with Crippen LogP contribution in [0.1, 0.15) is 13.8 Å². The first kappa shape index (κ1) is 8.48. The summed E-state index contributed by atoms with van der Waals surface area (Å²) in [6, 6.07) is 1.81. The smallest absolute Gasteiger partial charge is 0.0633 e. The van der Waals surface area contributed by atoms with E-state index < -0.39 is 0 Å². The lowest BCUT2D eigenvalue weighted by molar-refractivity contribution is -0.0145. The first-order chi connectivity index (χ1) is 5.75. The largest absolute Gasteiger partial charge is 0.378 e. The highest BCUT2D eigenvalue weighted by Crippen LogP contribution is 2.12. The molecule has 2 atom stereocenters. The number of nitrogens with one attached hydrogen (secondary N) is 1. The number of fused-ring (bicyclic) bond motifs is 2. The van der Waals surface area contributed by atoms with Gasteiger partial charge < -0.3 is 10.1 Å². The highest BCUT2D eigenvalue weighted by molar-refractivity contribution is 4.89. The van der Waals surface area contributed by atoms with Gasteiger partial charge in [0.15, 0.2) is 0 Å². The minimum Gasteiger partial charge on any atom is -0.378 e. The Bertz CT molecular complexity index is 149. The molecule has 2 fully saturated rings. The molecule has 0 amide bonds. The van der Waals surface area contributed by atoms with Gasteiger partial charge in [-0.25, -0.2) is 0 Å². The highest BCUT2D eigenvalue weighted by atomic mass is 16.5. The van der Waals surface area contributed by atoms with Crippen LogP contribution in [0.25, 0.3) is 0 Å². The Morgan fingerprint density at radius 2 is 1.83 bits per heavy atom. The highest BCUT2D eigenvalue weighted by Gasteiger charge is 2.31. The van der Waals surface area contributed by atoms with Gasteiger partial charge in [-0.2, -0.15) is 0 Å². The Labute approximate surface area is 74.1 Å². The maximum atomic E-state index is 5.48. The molecular weight excluding hydrogens is 152 g/mol. The van der Waals surface area contributed by atoms with Crippen molar-refractivity contribution in [3.63, 3.8) is 0 Å². The average molecular weight is 170 g/mol. The van der Waals surface area contributed by atoms with Gasteiger partial charge in [-0.15, -0.1) is 0 Å². The monoisotopic (exact) mass is 170 g/mol. The van der Waals surface area contributed by atoms with Gasteiger partial charge in [0.2, 0.25) is 0 Å². The van der Waals surface area contributed by atoms with Crippen LogP contribution in [0.2, 0.25) is 0 Å². The van der Waals surface area contributed by atoms with Crippen LogP contribution in [0, 0.1) is 0 Å². The van der Waals surface area contributed by atoms with Gasteiger partial charge in [0.25, 0.3) is 0 Å². The van der Waals surface area contributed by atoms with Crippen LogP contribution in [0.15, 0.2) is 0 Å². The fourth-order valence-corrected chi connectivity index (χ4v) is 2.06.